The first-order valence-corrected chi connectivity index (χ1v) is 12.3. The average Bonchev–Trinajstić information content (AvgIpc) is 3.24. The van der Waals surface area contributed by atoms with Crippen molar-refractivity contribution in [2.75, 3.05) is 13.2 Å². The molecule has 0 bridgehead atoms. The monoisotopic (exact) mass is 444 g/mol. The molecular formula is C27H40O5. The third kappa shape index (κ3) is 10.1. The molecule has 2 N–H and O–H groups in total. The number of hydrogen-bond donors (Lipinski definition) is 2. The lowest BCUT2D eigenvalue weighted by Crippen LogP contribution is -2.26. The summed E-state index contributed by atoms with van der Waals surface area (Å²) in [5.74, 6) is -0.858. The minimum Gasteiger partial charge on any atom is -0.395 e. The highest BCUT2D eigenvalue weighted by atomic mass is 16.6. The third-order valence-corrected chi connectivity index (χ3v) is 6.55. The summed E-state index contributed by atoms with van der Waals surface area (Å²) in [6, 6.07) is 10.7. The van der Waals surface area contributed by atoms with Crippen LogP contribution in [0.2, 0.25) is 0 Å². The van der Waals surface area contributed by atoms with E-state index in [4.69, 9.17) is 10.2 Å². The lowest BCUT2D eigenvalue weighted by molar-refractivity contribution is -0.164. The molecule has 1 aliphatic carbocycles. The Morgan fingerprint density at radius 1 is 0.969 bits per heavy atom. The van der Waals surface area contributed by atoms with Crippen molar-refractivity contribution in [1.82, 2.24) is 0 Å². The van der Waals surface area contributed by atoms with Crippen LogP contribution in [0.25, 0.3) is 0 Å². The summed E-state index contributed by atoms with van der Waals surface area (Å²) in [5.41, 5.74) is 1.44. The van der Waals surface area contributed by atoms with E-state index in [-0.39, 0.29) is 6.42 Å². The van der Waals surface area contributed by atoms with Crippen LogP contribution < -0.4 is 0 Å². The highest BCUT2D eigenvalue weighted by Crippen LogP contribution is 2.37. The Morgan fingerprint density at radius 2 is 1.72 bits per heavy atom. The zero-order valence-corrected chi connectivity index (χ0v) is 19.3. The zero-order chi connectivity index (χ0) is 23.0. The fraction of sp³-hybridized carbons (Fsp3) is 0.630. The number of esters is 2. The number of unbranched alkanes of at least 4 members (excludes halogenated alkanes) is 3. The van der Waals surface area contributed by atoms with Gasteiger partial charge in [-0.05, 0) is 55.9 Å². The molecule has 1 saturated carbocycles. The smallest absolute Gasteiger partial charge is 0.321 e. The number of carbonyl (C=O) groups is 2. The molecule has 178 valence electrons. The Hall–Kier alpha value is -1.98. The molecule has 5 heteroatoms. The van der Waals surface area contributed by atoms with Gasteiger partial charge in [0.1, 0.15) is 5.92 Å². The maximum Gasteiger partial charge on any atom is 0.321 e. The maximum atomic E-state index is 11.7. The van der Waals surface area contributed by atoms with Crippen LogP contribution in [0.5, 0.6) is 0 Å². The third-order valence-electron chi connectivity index (χ3n) is 6.55. The molecule has 1 fully saturated rings. The summed E-state index contributed by atoms with van der Waals surface area (Å²) in [6.45, 7) is -1.05. The van der Waals surface area contributed by atoms with Gasteiger partial charge in [0.25, 0.3) is 0 Å². The van der Waals surface area contributed by atoms with Gasteiger partial charge in [0, 0.05) is 6.42 Å². The molecule has 1 aliphatic rings. The highest BCUT2D eigenvalue weighted by molar-refractivity contribution is 5.86. The lowest BCUT2D eigenvalue weighted by atomic mass is 9.88. The van der Waals surface area contributed by atoms with E-state index in [9.17, 15) is 9.59 Å². The van der Waals surface area contributed by atoms with Crippen molar-refractivity contribution in [2.24, 2.45) is 17.8 Å². The van der Waals surface area contributed by atoms with Crippen molar-refractivity contribution in [3.63, 3.8) is 0 Å². The van der Waals surface area contributed by atoms with Crippen LogP contribution in [0.4, 0.5) is 0 Å². The van der Waals surface area contributed by atoms with Gasteiger partial charge in [0.15, 0.2) is 0 Å². The quantitative estimate of drug-likeness (QED) is 0.172. The first-order chi connectivity index (χ1) is 15.6. The Kier molecular flexibility index (Phi) is 12.9. The molecule has 0 radical (unpaired) electrons. The van der Waals surface area contributed by atoms with Gasteiger partial charge >= 0.3 is 11.9 Å². The van der Waals surface area contributed by atoms with Crippen LogP contribution in [0.3, 0.4) is 0 Å². The minimum absolute atomic E-state index is 0.161. The van der Waals surface area contributed by atoms with E-state index in [0.29, 0.717) is 6.42 Å². The van der Waals surface area contributed by atoms with Gasteiger partial charge in [-0.3, -0.25) is 9.59 Å². The second-order valence-electron chi connectivity index (χ2n) is 8.99. The summed E-state index contributed by atoms with van der Waals surface area (Å²) in [5, 5.41) is 17.8. The molecule has 1 aromatic rings. The Balaban J connectivity index is 1.53. The van der Waals surface area contributed by atoms with E-state index < -0.39 is 31.1 Å². The van der Waals surface area contributed by atoms with E-state index in [1.54, 1.807) is 0 Å². The van der Waals surface area contributed by atoms with Crippen molar-refractivity contribution in [3.8, 4) is 0 Å². The minimum atomic E-state index is -1.04. The Morgan fingerprint density at radius 3 is 2.47 bits per heavy atom. The molecule has 1 aromatic carbocycles. The standard InChI is InChI=1S/C27H40O5/c28-20-25(21-29)27(31)32-26(30)19-10-2-1-8-15-23-17-11-18-24(23)16-9-4-7-14-22-12-5-3-6-13-22/h1,3,5-6,8,12-13,23-25,28-29H,2,4,7,9-11,14-21H2/b8-1-/t23-,24?/m0/s1. The summed E-state index contributed by atoms with van der Waals surface area (Å²) < 4.78 is 4.65. The van der Waals surface area contributed by atoms with Gasteiger partial charge in [0.2, 0.25) is 0 Å². The molecular weight excluding hydrogens is 404 g/mol. The van der Waals surface area contributed by atoms with Gasteiger partial charge < -0.3 is 14.9 Å². The van der Waals surface area contributed by atoms with Crippen LogP contribution in [-0.2, 0) is 20.7 Å². The molecule has 2 rings (SSSR count). The molecule has 0 amide bonds. The van der Waals surface area contributed by atoms with Gasteiger partial charge in [-0.2, -0.15) is 0 Å². The second-order valence-corrected chi connectivity index (χ2v) is 8.99. The van der Waals surface area contributed by atoms with Crippen molar-refractivity contribution in [1.29, 1.82) is 0 Å². The Labute approximate surface area is 192 Å². The fourth-order valence-electron chi connectivity index (χ4n) is 4.57. The van der Waals surface area contributed by atoms with Crippen molar-refractivity contribution in [3.05, 3.63) is 48.0 Å². The summed E-state index contributed by atoms with van der Waals surface area (Å²) in [4.78, 5) is 23.2. The van der Waals surface area contributed by atoms with Crippen molar-refractivity contribution >= 4 is 11.9 Å². The zero-order valence-electron chi connectivity index (χ0n) is 19.3. The molecule has 5 nitrogen and oxygen atoms in total. The highest BCUT2D eigenvalue weighted by Gasteiger charge is 2.25. The van der Waals surface area contributed by atoms with Crippen LogP contribution in [0.1, 0.15) is 76.2 Å². The van der Waals surface area contributed by atoms with E-state index in [1.165, 1.54) is 56.9 Å². The molecule has 0 heterocycles. The topological polar surface area (TPSA) is 83.8 Å². The van der Waals surface area contributed by atoms with Crippen molar-refractivity contribution in [2.45, 2.75) is 77.0 Å². The van der Waals surface area contributed by atoms with Crippen LogP contribution in [-0.4, -0.2) is 35.4 Å². The molecule has 32 heavy (non-hydrogen) atoms. The number of carbonyl (C=O) groups excluding carboxylic acids is 2. The van der Waals surface area contributed by atoms with Gasteiger partial charge in [-0.15, -0.1) is 0 Å². The number of rotatable bonds is 15. The number of ether oxygens (including phenoxy) is 1. The average molecular weight is 445 g/mol. The summed E-state index contributed by atoms with van der Waals surface area (Å²) in [7, 11) is 0. The number of hydrogen-bond acceptors (Lipinski definition) is 5. The van der Waals surface area contributed by atoms with E-state index in [2.05, 4.69) is 47.2 Å². The van der Waals surface area contributed by atoms with E-state index >= 15 is 0 Å². The normalized spacial score (nSPS) is 18.5. The second kappa shape index (κ2) is 15.8. The number of aryl methyl sites for hydroxylation is 1. The number of allylic oxidation sites excluding steroid dienone is 2. The summed E-state index contributed by atoms with van der Waals surface area (Å²) >= 11 is 0. The first kappa shape index (κ1) is 26.3. The predicted octanol–water partition coefficient (Wildman–Crippen LogP) is 4.99. The van der Waals surface area contributed by atoms with E-state index in [0.717, 1.165) is 24.7 Å². The molecule has 0 aromatic heterocycles. The number of benzene rings is 1. The Bertz CT molecular complexity index is 681. The van der Waals surface area contributed by atoms with Crippen LogP contribution in [0.15, 0.2) is 42.5 Å². The van der Waals surface area contributed by atoms with Crippen molar-refractivity contribution < 1.29 is 24.5 Å². The molecule has 2 atom stereocenters. The largest absolute Gasteiger partial charge is 0.395 e. The molecule has 0 spiro atoms. The SMILES string of the molecule is O=C(CCC/C=C\C[C@H]1CCCC1CCCCCc1ccccc1)OC(=O)C(CO)CO. The maximum absolute atomic E-state index is 11.7. The molecule has 1 unspecified atom stereocenters. The molecule has 0 saturated heterocycles. The lowest BCUT2D eigenvalue weighted by Gasteiger charge is -2.18. The number of aliphatic hydroxyl groups is 2. The fourth-order valence-corrected chi connectivity index (χ4v) is 4.57. The first-order valence-electron chi connectivity index (χ1n) is 12.3. The van der Waals surface area contributed by atoms with Gasteiger partial charge in [-0.1, -0.05) is 74.6 Å². The van der Waals surface area contributed by atoms with Gasteiger partial charge in [-0.25, -0.2) is 0 Å². The van der Waals surface area contributed by atoms with Crippen LogP contribution >= 0.6 is 0 Å². The predicted molar refractivity (Wildman–Crippen MR) is 126 cm³/mol. The van der Waals surface area contributed by atoms with Gasteiger partial charge in [0.05, 0.1) is 13.2 Å². The number of aliphatic hydroxyl groups excluding tert-OH is 2. The van der Waals surface area contributed by atoms with Crippen LogP contribution in [0, 0.1) is 17.8 Å². The molecule has 0 aliphatic heterocycles. The summed E-state index contributed by atoms with van der Waals surface area (Å²) in [6.07, 6.45) is 17.5. The van der Waals surface area contributed by atoms with E-state index in [1.807, 2.05) is 0 Å².